The van der Waals surface area contributed by atoms with Crippen LogP contribution in [0.1, 0.15) is 67.4 Å². The van der Waals surface area contributed by atoms with Gasteiger partial charge in [-0.1, -0.05) is 39.3 Å². The molecule has 28 heavy (non-hydrogen) atoms. The Labute approximate surface area is 173 Å². The van der Waals surface area contributed by atoms with E-state index in [1.54, 1.807) is 24.3 Å². The fourth-order valence-corrected chi connectivity index (χ4v) is 2.57. The van der Waals surface area contributed by atoms with Crippen molar-refractivity contribution in [2.45, 2.75) is 52.2 Å². The van der Waals surface area contributed by atoms with Crippen LogP contribution in [0.25, 0.3) is 0 Å². The number of hydrogen-bond acceptors (Lipinski definition) is 3. The van der Waals surface area contributed by atoms with Crippen LogP contribution in [0.5, 0.6) is 5.75 Å². The first-order valence-corrected chi connectivity index (χ1v) is 10.2. The highest BCUT2D eigenvalue weighted by Crippen LogP contribution is 2.17. The fourth-order valence-electron chi connectivity index (χ4n) is 2.57. The Balaban J connectivity index is 0.00000190. The predicted octanol–water partition coefficient (Wildman–Crippen LogP) is 5.86. The Morgan fingerprint density at radius 2 is 1.71 bits per heavy atom. The van der Waals surface area contributed by atoms with Crippen LogP contribution >= 0.6 is 11.6 Å². The second kappa shape index (κ2) is 12.8. The van der Waals surface area contributed by atoms with Crippen LogP contribution in [0.15, 0.2) is 48.5 Å². The summed E-state index contributed by atoms with van der Waals surface area (Å²) >= 11 is 4.64. The molecule has 1 N–H and O–H groups in total. The van der Waals surface area contributed by atoms with E-state index in [0.717, 1.165) is 19.3 Å². The molecule has 0 fully saturated rings. The number of benzene rings is 2. The lowest BCUT2D eigenvalue weighted by Gasteiger charge is -2.20. The Morgan fingerprint density at radius 1 is 1.11 bits per heavy atom. The van der Waals surface area contributed by atoms with Crippen LogP contribution in [0.2, 0.25) is 0 Å². The van der Waals surface area contributed by atoms with Gasteiger partial charge in [0.25, 0.3) is 5.91 Å². The topological polar surface area (TPSA) is 62.1 Å². The molecular weight excluding hydrogens is 372 g/mol. The van der Waals surface area contributed by atoms with Gasteiger partial charge in [0, 0.05) is 18.4 Å². The zero-order chi connectivity index (χ0) is 20.9. The van der Waals surface area contributed by atoms with Crippen LogP contribution in [-0.4, -0.2) is 18.5 Å². The lowest BCUT2D eigenvalue weighted by Crippen LogP contribution is -2.39. The number of nitrogens with zero attached hydrogens (tertiary/aromatic N) is 1. The van der Waals surface area contributed by atoms with Crippen LogP contribution < -0.4 is 10.1 Å². The van der Waals surface area contributed by atoms with Crippen molar-refractivity contribution < 1.29 is 9.53 Å². The summed E-state index contributed by atoms with van der Waals surface area (Å²) in [6.45, 7) is 6.35. The average Bonchev–Trinajstić information content (AvgIpc) is 2.74. The highest BCUT2D eigenvalue weighted by atomic mass is 35.5. The summed E-state index contributed by atoms with van der Waals surface area (Å²) in [4.78, 5) is 12.6. The van der Waals surface area contributed by atoms with Crippen LogP contribution in [0, 0.1) is 11.3 Å². The van der Waals surface area contributed by atoms with Crippen molar-refractivity contribution in [1.29, 1.82) is 5.26 Å². The Bertz CT molecular complexity index is 750. The molecule has 0 bridgehead atoms. The van der Waals surface area contributed by atoms with Gasteiger partial charge < -0.3 is 10.1 Å². The van der Waals surface area contributed by atoms with E-state index in [9.17, 15) is 4.79 Å². The molecule has 0 radical (unpaired) electrons. The monoisotopic (exact) mass is 400 g/mol. The van der Waals surface area contributed by atoms with Crippen molar-refractivity contribution in [2.75, 3.05) is 6.38 Å². The van der Waals surface area contributed by atoms with Gasteiger partial charge in [0.15, 0.2) is 6.23 Å². The van der Waals surface area contributed by atoms with Crippen molar-refractivity contribution in [1.82, 2.24) is 5.32 Å². The highest BCUT2D eigenvalue weighted by molar-refractivity contribution is 6.15. The SMILES string of the molecule is CCCCC(NC(=O)c1ccc(C(C)C)cc1)Oc1ccc(C#N)cc1.CCl. The van der Waals surface area contributed by atoms with Gasteiger partial charge in [-0.15, -0.1) is 11.6 Å². The van der Waals surface area contributed by atoms with Gasteiger partial charge in [-0.25, -0.2) is 0 Å². The first kappa shape index (κ1) is 23.5. The normalized spacial score (nSPS) is 11.0. The zero-order valence-electron chi connectivity index (χ0n) is 17.0. The van der Waals surface area contributed by atoms with Crippen LogP contribution in [0.3, 0.4) is 0 Å². The summed E-state index contributed by atoms with van der Waals surface area (Å²) in [6, 6.07) is 16.7. The van der Waals surface area contributed by atoms with E-state index in [1.807, 2.05) is 24.3 Å². The molecule has 150 valence electrons. The minimum atomic E-state index is -0.403. The molecule has 0 aliphatic rings. The minimum Gasteiger partial charge on any atom is -0.471 e. The number of hydrogen-bond donors (Lipinski definition) is 1. The quantitative estimate of drug-likeness (QED) is 0.445. The van der Waals surface area contributed by atoms with Crippen LogP contribution in [-0.2, 0) is 0 Å². The first-order chi connectivity index (χ1) is 13.5. The van der Waals surface area contributed by atoms with Gasteiger partial charge in [-0.3, -0.25) is 4.79 Å². The molecule has 2 rings (SSSR count). The second-order valence-corrected chi connectivity index (χ2v) is 6.64. The number of amides is 1. The lowest BCUT2D eigenvalue weighted by atomic mass is 10.0. The standard InChI is InChI=1S/C22H26N2O2.CH3Cl/c1-4-5-6-21(26-20-13-7-17(15-23)8-14-20)24-22(25)19-11-9-18(10-12-19)16(2)3;1-2/h7-14,16,21H,4-6H2,1-3H3,(H,24,25);1H3. The van der Waals surface area contributed by atoms with E-state index in [1.165, 1.54) is 11.9 Å². The molecule has 0 heterocycles. The van der Waals surface area contributed by atoms with E-state index < -0.39 is 6.23 Å². The summed E-state index contributed by atoms with van der Waals surface area (Å²) < 4.78 is 5.93. The van der Waals surface area contributed by atoms with Gasteiger partial charge >= 0.3 is 0 Å². The first-order valence-electron chi connectivity index (χ1n) is 9.49. The molecule has 2 aromatic carbocycles. The highest BCUT2D eigenvalue weighted by Gasteiger charge is 2.15. The van der Waals surface area contributed by atoms with E-state index in [-0.39, 0.29) is 5.91 Å². The number of ether oxygens (including phenoxy) is 1. The molecule has 0 saturated carbocycles. The molecule has 1 unspecified atom stereocenters. The van der Waals surface area contributed by atoms with Crippen LogP contribution in [0.4, 0.5) is 0 Å². The van der Waals surface area contributed by atoms with Crippen molar-refractivity contribution in [3.63, 3.8) is 0 Å². The molecule has 0 aliphatic carbocycles. The van der Waals surface area contributed by atoms with E-state index in [2.05, 4.69) is 43.8 Å². The molecule has 1 atom stereocenters. The van der Waals surface area contributed by atoms with Gasteiger partial charge in [-0.2, -0.15) is 5.26 Å². The van der Waals surface area contributed by atoms with Gasteiger partial charge in [0.1, 0.15) is 5.75 Å². The molecule has 5 heteroatoms. The minimum absolute atomic E-state index is 0.143. The zero-order valence-corrected chi connectivity index (χ0v) is 17.8. The average molecular weight is 401 g/mol. The fraction of sp³-hybridized carbons (Fsp3) is 0.391. The second-order valence-electron chi connectivity index (χ2n) is 6.64. The van der Waals surface area contributed by atoms with Gasteiger partial charge in [0.05, 0.1) is 11.6 Å². The number of nitriles is 1. The molecular formula is C23H29ClN2O2. The summed E-state index contributed by atoms with van der Waals surface area (Å²) in [7, 11) is 0. The number of halogens is 1. The van der Waals surface area contributed by atoms with Crippen molar-refractivity contribution >= 4 is 17.5 Å². The van der Waals surface area contributed by atoms with E-state index >= 15 is 0 Å². The number of carbonyl (C=O) groups excluding carboxylic acids is 1. The van der Waals surface area contributed by atoms with E-state index in [4.69, 9.17) is 10.00 Å². The predicted molar refractivity (Wildman–Crippen MR) is 115 cm³/mol. The Morgan fingerprint density at radius 3 is 2.21 bits per heavy atom. The smallest absolute Gasteiger partial charge is 0.254 e. The lowest BCUT2D eigenvalue weighted by molar-refractivity contribution is 0.0811. The number of carbonyl (C=O) groups is 1. The third-order valence-electron chi connectivity index (χ3n) is 4.21. The van der Waals surface area contributed by atoms with Crippen molar-refractivity contribution in [3.05, 3.63) is 65.2 Å². The number of alkyl halides is 1. The molecule has 0 aliphatic heterocycles. The van der Waals surface area contributed by atoms with E-state index in [0.29, 0.717) is 22.8 Å². The third-order valence-corrected chi connectivity index (χ3v) is 4.21. The largest absolute Gasteiger partial charge is 0.471 e. The van der Waals surface area contributed by atoms with Gasteiger partial charge in [-0.05, 0) is 54.3 Å². The van der Waals surface area contributed by atoms with Gasteiger partial charge in [0.2, 0.25) is 0 Å². The molecule has 1 amide bonds. The third kappa shape index (κ3) is 7.62. The van der Waals surface area contributed by atoms with Crippen molar-refractivity contribution in [3.8, 4) is 11.8 Å². The Kier molecular flexibility index (Phi) is 10.8. The summed E-state index contributed by atoms with van der Waals surface area (Å²) in [6.07, 6.45) is 3.77. The maximum absolute atomic E-state index is 12.6. The summed E-state index contributed by atoms with van der Waals surface area (Å²) in [5, 5.41) is 11.8. The molecule has 0 aromatic heterocycles. The molecule has 4 nitrogen and oxygen atoms in total. The molecule has 0 saturated heterocycles. The number of nitrogens with one attached hydrogen (secondary N) is 1. The number of rotatable bonds is 8. The summed E-state index contributed by atoms with van der Waals surface area (Å²) in [5.41, 5.74) is 2.41. The van der Waals surface area contributed by atoms with Crippen molar-refractivity contribution in [2.24, 2.45) is 0 Å². The molecule has 2 aromatic rings. The summed E-state index contributed by atoms with van der Waals surface area (Å²) in [5.74, 6) is 0.930. The maximum atomic E-state index is 12.6. The molecule has 0 spiro atoms. The number of unbranched alkanes of at least 4 members (excludes halogenated alkanes) is 1. The maximum Gasteiger partial charge on any atom is 0.254 e. The Hall–Kier alpha value is -2.51.